The molecule has 6 N–H and O–H groups in total. The summed E-state index contributed by atoms with van der Waals surface area (Å²) in [4.78, 5) is 2.69. The van der Waals surface area contributed by atoms with Crippen LogP contribution in [0.3, 0.4) is 0 Å². The molecule has 0 amide bonds. The Bertz CT molecular complexity index is 785. The third-order valence-corrected chi connectivity index (χ3v) is 11.1. The zero-order chi connectivity index (χ0) is 23.9. The number of hydrogen-bond acceptors (Lipinski definition) is 9. The van der Waals surface area contributed by atoms with E-state index in [0.717, 1.165) is 44.2 Å². The van der Waals surface area contributed by atoms with Crippen molar-refractivity contribution in [1.82, 2.24) is 30.7 Å². The lowest BCUT2D eigenvalue weighted by Crippen LogP contribution is -2.62. The highest BCUT2D eigenvalue weighted by Crippen LogP contribution is 2.41. The van der Waals surface area contributed by atoms with Crippen LogP contribution in [0.2, 0.25) is 0 Å². The number of ether oxygens (including phenoxy) is 1. The van der Waals surface area contributed by atoms with Crippen molar-refractivity contribution >= 4 is 10.0 Å². The maximum Gasteiger partial charge on any atom is 0.217 e. The summed E-state index contributed by atoms with van der Waals surface area (Å²) < 4.78 is 35.7. The average molecular weight is 500 g/mol. The zero-order valence-electron chi connectivity index (χ0n) is 20.8. The van der Waals surface area contributed by atoms with Crippen molar-refractivity contribution in [3.63, 3.8) is 0 Å². The topological polar surface area (TPSA) is 124 Å². The molecule has 34 heavy (non-hydrogen) atoms. The lowest BCUT2D eigenvalue weighted by atomic mass is 9.70. The molecule has 0 radical (unpaired) electrons. The Balaban J connectivity index is 1.17. The molecule has 6 rings (SSSR count). The van der Waals surface area contributed by atoms with Gasteiger partial charge in [-0.1, -0.05) is 0 Å². The van der Waals surface area contributed by atoms with Gasteiger partial charge < -0.3 is 21.1 Å². The molecule has 4 saturated heterocycles. The van der Waals surface area contributed by atoms with Gasteiger partial charge in [-0.15, -0.1) is 0 Å². The minimum atomic E-state index is -3.62. The Kier molecular flexibility index (Phi) is 7.85. The molecular formula is C23H45N7O3S. The number of rotatable bonds is 9. The van der Waals surface area contributed by atoms with Crippen LogP contribution in [0.15, 0.2) is 0 Å². The minimum Gasteiger partial charge on any atom is -0.380 e. The van der Waals surface area contributed by atoms with E-state index in [-0.39, 0.29) is 30.9 Å². The predicted octanol–water partition coefficient (Wildman–Crippen LogP) is -1.15. The van der Waals surface area contributed by atoms with Crippen molar-refractivity contribution < 1.29 is 13.2 Å². The Labute approximate surface area is 205 Å². The van der Waals surface area contributed by atoms with Gasteiger partial charge in [0.1, 0.15) is 5.25 Å². The Hall–Kier alpha value is -0.370. The standard InChI is InChI=1S/C23H45N7O3S/c1-29-23-17(11-27-29)3-4-20(33-2)22(23)28-34(31,32)19(10-24)12-26-21-9-18(5-6-25-21)30-13-15-7-16(8-15)14-30/h15-23,25-28H,3-14,24H2,1-2H3. The first-order valence-electron chi connectivity index (χ1n) is 13.3. The van der Waals surface area contributed by atoms with E-state index < -0.39 is 15.3 Å². The van der Waals surface area contributed by atoms with Crippen LogP contribution in [0.4, 0.5) is 0 Å². The van der Waals surface area contributed by atoms with Gasteiger partial charge in [-0.25, -0.2) is 18.1 Å². The summed E-state index contributed by atoms with van der Waals surface area (Å²) in [6, 6.07) is 0.379. The predicted molar refractivity (Wildman–Crippen MR) is 132 cm³/mol. The Morgan fingerprint density at radius 3 is 2.62 bits per heavy atom. The van der Waals surface area contributed by atoms with Gasteiger partial charge in [0.2, 0.25) is 10.0 Å². The summed E-state index contributed by atoms with van der Waals surface area (Å²) in [5.74, 6) is 2.23. The van der Waals surface area contributed by atoms with Gasteiger partial charge >= 0.3 is 0 Å². The largest absolute Gasteiger partial charge is 0.380 e. The molecule has 4 aliphatic heterocycles. The number of piperidine rings is 3. The first kappa shape index (κ1) is 25.3. The van der Waals surface area contributed by atoms with Gasteiger partial charge in [-0.05, 0) is 62.8 Å². The van der Waals surface area contributed by atoms with E-state index in [9.17, 15) is 8.42 Å². The number of nitrogens with one attached hydrogen (secondary N) is 4. The van der Waals surface area contributed by atoms with E-state index in [1.165, 1.54) is 32.4 Å². The molecule has 2 bridgehead atoms. The number of sulfonamides is 1. The van der Waals surface area contributed by atoms with Crippen LogP contribution in [0.1, 0.15) is 38.5 Å². The molecule has 0 aromatic heterocycles. The van der Waals surface area contributed by atoms with Gasteiger partial charge in [0.05, 0.1) is 18.3 Å². The summed E-state index contributed by atoms with van der Waals surface area (Å²) in [5, 5.41) is 8.41. The molecule has 0 aromatic carbocycles. The molecule has 196 valence electrons. The molecular weight excluding hydrogens is 454 g/mol. The van der Waals surface area contributed by atoms with Gasteiger partial charge in [-0.2, -0.15) is 0 Å². The molecule has 6 aliphatic rings. The number of methoxy groups -OCH3 is 1. The summed E-state index contributed by atoms with van der Waals surface area (Å²) in [6.07, 6.45) is 6.90. The van der Waals surface area contributed by atoms with Crippen LogP contribution >= 0.6 is 0 Å². The fourth-order valence-electron chi connectivity index (χ4n) is 7.27. The zero-order valence-corrected chi connectivity index (χ0v) is 21.6. The van der Waals surface area contributed by atoms with Crippen molar-refractivity contribution in [2.45, 2.75) is 74.2 Å². The second kappa shape index (κ2) is 10.5. The lowest BCUT2D eigenvalue weighted by Gasteiger charge is -2.51. The van der Waals surface area contributed by atoms with E-state index in [1.54, 1.807) is 7.11 Å². The third kappa shape index (κ3) is 5.19. The highest BCUT2D eigenvalue weighted by atomic mass is 32.2. The smallest absolute Gasteiger partial charge is 0.217 e. The van der Waals surface area contributed by atoms with Crippen LogP contribution in [-0.4, -0.2) is 107 Å². The van der Waals surface area contributed by atoms with Gasteiger partial charge in [-0.3, -0.25) is 10.3 Å². The van der Waals surface area contributed by atoms with Crippen LogP contribution in [0.25, 0.3) is 0 Å². The maximum absolute atomic E-state index is 13.5. The lowest BCUT2D eigenvalue weighted by molar-refractivity contribution is -0.0116. The quantitative estimate of drug-likeness (QED) is 0.268. The highest BCUT2D eigenvalue weighted by Gasteiger charge is 2.47. The minimum absolute atomic E-state index is 0.0800. The molecule has 4 heterocycles. The summed E-state index contributed by atoms with van der Waals surface area (Å²) >= 11 is 0. The first-order chi connectivity index (χ1) is 16.4. The van der Waals surface area contributed by atoms with E-state index in [4.69, 9.17) is 10.5 Å². The molecule has 7 unspecified atom stereocenters. The Morgan fingerprint density at radius 2 is 1.91 bits per heavy atom. The molecule has 7 atom stereocenters. The van der Waals surface area contributed by atoms with Crippen LogP contribution in [0, 0.1) is 17.8 Å². The van der Waals surface area contributed by atoms with Crippen molar-refractivity contribution in [1.29, 1.82) is 0 Å². The van der Waals surface area contributed by atoms with Crippen molar-refractivity contribution in [2.24, 2.45) is 23.5 Å². The van der Waals surface area contributed by atoms with E-state index >= 15 is 0 Å². The fraction of sp³-hybridized carbons (Fsp3) is 1.00. The van der Waals surface area contributed by atoms with Crippen molar-refractivity contribution in [3.8, 4) is 0 Å². The number of fused-ring (bicyclic) bond motifs is 3. The van der Waals surface area contributed by atoms with E-state index in [1.807, 2.05) is 7.05 Å². The third-order valence-electron chi connectivity index (χ3n) is 9.23. The van der Waals surface area contributed by atoms with Gasteiger partial charge in [0.15, 0.2) is 0 Å². The number of nitrogens with zero attached hydrogens (tertiary/aromatic N) is 2. The summed E-state index contributed by atoms with van der Waals surface area (Å²) in [6.45, 7) is 4.75. The number of hydrazine groups is 1. The van der Waals surface area contributed by atoms with Crippen LogP contribution < -0.4 is 26.5 Å². The van der Waals surface area contributed by atoms with E-state index in [2.05, 4.69) is 30.7 Å². The van der Waals surface area contributed by atoms with Crippen molar-refractivity contribution in [3.05, 3.63) is 0 Å². The highest BCUT2D eigenvalue weighted by molar-refractivity contribution is 7.90. The average Bonchev–Trinajstić information content (AvgIpc) is 3.20. The molecule has 11 heteroatoms. The number of nitrogens with two attached hydrogens (primary N) is 1. The van der Waals surface area contributed by atoms with Gasteiger partial charge in [0.25, 0.3) is 0 Å². The molecule has 10 nitrogen and oxygen atoms in total. The second-order valence-corrected chi connectivity index (χ2v) is 13.4. The summed E-state index contributed by atoms with van der Waals surface area (Å²) in [7, 11) is 0.0396. The normalized spacial score (nSPS) is 42.2. The molecule has 0 aromatic rings. The first-order valence-corrected chi connectivity index (χ1v) is 14.8. The maximum atomic E-state index is 13.5. The van der Waals surface area contributed by atoms with Crippen LogP contribution in [-0.2, 0) is 14.8 Å². The molecule has 6 fully saturated rings. The molecule has 2 saturated carbocycles. The Morgan fingerprint density at radius 1 is 1.15 bits per heavy atom. The monoisotopic (exact) mass is 499 g/mol. The fourth-order valence-corrected chi connectivity index (χ4v) is 8.70. The SMILES string of the molecule is COC1CCC2CNN(C)C2C1NS(=O)(=O)C(CN)CNC1CC(N2CC3CC(C3)C2)CCN1. The van der Waals surface area contributed by atoms with Crippen LogP contribution in [0.5, 0.6) is 0 Å². The molecule has 0 spiro atoms. The van der Waals surface area contributed by atoms with Gasteiger partial charge in [0, 0.05) is 59.0 Å². The van der Waals surface area contributed by atoms with E-state index in [0.29, 0.717) is 18.5 Å². The molecule has 2 aliphatic carbocycles. The number of hydrogen-bond donors (Lipinski definition) is 5. The van der Waals surface area contributed by atoms with Crippen molar-refractivity contribution in [2.75, 3.05) is 53.4 Å². The summed E-state index contributed by atoms with van der Waals surface area (Å²) in [5.41, 5.74) is 9.37. The number of likely N-dealkylation sites (N-methyl/N-ethyl adjacent to an activating group) is 1. The second-order valence-electron chi connectivity index (χ2n) is 11.4.